The van der Waals surface area contributed by atoms with E-state index < -0.39 is 9.84 Å². The number of thiophene rings is 1. The van der Waals surface area contributed by atoms with Crippen LogP contribution in [-0.4, -0.2) is 50.4 Å². The van der Waals surface area contributed by atoms with Crippen molar-refractivity contribution in [2.24, 2.45) is 5.92 Å². The van der Waals surface area contributed by atoms with Gasteiger partial charge in [0.25, 0.3) is 0 Å². The van der Waals surface area contributed by atoms with Gasteiger partial charge in [-0.25, -0.2) is 8.42 Å². The van der Waals surface area contributed by atoms with Crippen LogP contribution < -0.4 is 5.32 Å². The van der Waals surface area contributed by atoms with Crippen molar-refractivity contribution in [2.75, 3.05) is 31.1 Å². The van der Waals surface area contributed by atoms with E-state index in [4.69, 9.17) is 0 Å². The first-order chi connectivity index (χ1) is 10.5. The molecule has 0 aliphatic carbocycles. The second kappa shape index (κ2) is 7.57. The van der Waals surface area contributed by atoms with Crippen LogP contribution in [0.2, 0.25) is 0 Å². The Morgan fingerprint density at radius 3 is 2.68 bits per heavy atom. The maximum atomic E-state index is 12.2. The van der Waals surface area contributed by atoms with Crippen LogP contribution in [0.1, 0.15) is 31.9 Å². The number of amides is 1. The van der Waals surface area contributed by atoms with E-state index in [0.717, 1.165) is 13.1 Å². The largest absolute Gasteiger partial charge is 0.354 e. The van der Waals surface area contributed by atoms with Crippen molar-refractivity contribution >= 4 is 27.1 Å². The molecule has 124 valence electrons. The van der Waals surface area contributed by atoms with Crippen molar-refractivity contribution in [3.8, 4) is 0 Å². The van der Waals surface area contributed by atoms with Crippen LogP contribution in [0.5, 0.6) is 0 Å². The van der Waals surface area contributed by atoms with Crippen LogP contribution in [0.3, 0.4) is 0 Å². The molecule has 1 aliphatic heterocycles. The third-order valence-corrected chi connectivity index (χ3v) is 6.72. The zero-order valence-corrected chi connectivity index (χ0v) is 14.8. The molecule has 1 saturated heterocycles. The van der Waals surface area contributed by atoms with Crippen molar-refractivity contribution in [1.29, 1.82) is 0 Å². The maximum Gasteiger partial charge on any atom is 0.224 e. The van der Waals surface area contributed by atoms with E-state index in [1.807, 2.05) is 5.38 Å². The van der Waals surface area contributed by atoms with E-state index in [0.29, 0.717) is 13.0 Å². The van der Waals surface area contributed by atoms with Crippen LogP contribution in [0.15, 0.2) is 16.8 Å². The lowest BCUT2D eigenvalue weighted by atomic mass is 10.1. The summed E-state index contributed by atoms with van der Waals surface area (Å²) in [6.45, 7) is 6.55. The molecule has 1 aliphatic rings. The molecule has 5 nitrogen and oxygen atoms in total. The van der Waals surface area contributed by atoms with Crippen LogP contribution in [0, 0.1) is 5.92 Å². The molecular weight excluding hydrogens is 320 g/mol. The van der Waals surface area contributed by atoms with Crippen molar-refractivity contribution in [3.05, 3.63) is 22.4 Å². The summed E-state index contributed by atoms with van der Waals surface area (Å²) in [7, 11) is -3.02. The Balaban J connectivity index is 1.98. The van der Waals surface area contributed by atoms with E-state index in [-0.39, 0.29) is 29.4 Å². The summed E-state index contributed by atoms with van der Waals surface area (Å²) >= 11 is 1.65. The molecule has 1 amide bonds. The van der Waals surface area contributed by atoms with Gasteiger partial charge in [0.2, 0.25) is 5.91 Å². The van der Waals surface area contributed by atoms with Gasteiger partial charge in [-0.15, -0.1) is 0 Å². The van der Waals surface area contributed by atoms with Crippen molar-refractivity contribution in [3.63, 3.8) is 0 Å². The Morgan fingerprint density at radius 2 is 2.18 bits per heavy atom. The lowest BCUT2D eigenvalue weighted by molar-refractivity contribution is -0.124. The lowest BCUT2D eigenvalue weighted by Gasteiger charge is -2.29. The number of nitrogens with zero attached hydrogens (tertiary/aromatic N) is 1. The van der Waals surface area contributed by atoms with Crippen LogP contribution >= 0.6 is 11.3 Å². The van der Waals surface area contributed by atoms with Gasteiger partial charge >= 0.3 is 0 Å². The van der Waals surface area contributed by atoms with Crippen molar-refractivity contribution in [1.82, 2.24) is 10.2 Å². The molecule has 22 heavy (non-hydrogen) atoms. The maximum absolute atomic E-state index is 12.2. The molecule has 0 aromatic carbocycles. The average molecular weight is 345 g/mol. The number of carbonyl (C=O) groups is 1. The fourth-order valence-electron chi connectivity index (χ4n) is 2.93. The number of carbonyl (C=O) groups excluding carboxylic acids is 1. The molecular formula is C15H24N2O3S2. The standard InChI is InChI=1S/C15H24N2O3S2/c1-3-17(4-2)14(12-5-7-21-10-12)9-16-15(18)13-6-8-22(19,20)11-13/h5,7,10,13-14H,3-4,6,8-9,11H2,1-2H3,(H,16,18)/t13-,14-/m0/s1. The Hall–Kier alpha value is -0.920. The predicted octanol–water partition coefficient (Wildman–Crippen LogP) is 1.68. The van der Waals surface area contributed by atoms with Gasteiger partial charge in [0, 0.05) is 6.54 Å². The van der Waals surface area contributed by atoms with Gasteiger partial charge in [0.15, 0.2) is 9.84 Å². The van der Waals surface area contributed by atoms with Crippen LogP contribution in [-0.2, 0) is 14.6 Å². The van der Waals surface area contributed by atoms with E-state index in [1.165, 1.54) is 5.56 Å². The number of likely N-dealkylation sites (N-methyl/N-ethyl adjacent to an activating group) is 1. The van der Waals surface area contributed by atoms with Gasteiger partial charge in [0.1, 0.15) is 0 Å². The fraction of sp³-hybridized carbons (Fsp3) is 0.667. The average Bonchev–Trinajstić information content (AvgIpc) is 3.12. The normalized spacial score (nSPS) is 21.9. The molecule has 0 unspecified atom stereocenters. The van der Waals surface area contributed by atoms with Crippen molar-refractivity contribution in [2.45, 2.75) is 26.3 Å². The first-order valence-electron chi connectivity index (χ1n) is 7.71. The van der Waals surface area contributed by atoms with E-state index in [2.05, 4.69) is 35.5 Å². The highest BCUT2D eigenvalue weighted by Crippen LogP contribution is 2.23. The van der Waals surface area contributed by atoms with Gasteiger partial charge < -0.3 is 5.32 Å². The molecule has 1 fully saturated rings. The number of hydrogen-bond acceptors (Lipinski definition) is 5. The molecule has 0 saturated carbocycles. The number of sulfone groups is 1. The predicted molar refractivity (Wildman–Crippen MR) is 89.8 cm³/mol. The molecule has 2 atom stereocenters. The minimum absolute atomic E-state index is 0.00673. The Labute approximate surface area is 136 Å². The zero-order valence-electron chi connectivity index (χ0n) is 13.1. The third kappa shape index (κ3) is 4.30. The summed E-state index contributed by atoms with van der Waals surface area (Å²) in [6.07, 6.45) is 0.447. The van der Waals surface area contributed by atoms with Crippen LogP contribution in [0.25, 0.3) is 0 Å². The Bertz CT molecular complexity index is 580. The number of rotatable bonds is 7. The molecule has 2 heterocycles. The van der Waals surface area contributed by atoms with E-state index >= 15 is 0 Å². The molecule has 0 radical (unpaired) electrons. The monoisotopic (exact) mass is 344 g/mol. The topological polar surface area (TPSA) is 66.5 Å². The summed E-state index contributed by atoms with van der Waals surface area (Å²) in [4.78, 5) is 14.5. The Morgan fingerprint density at radius 1 is 1.45 bits per heavy atom. The van der Waals surface area contributed by atoms with Gasteiger partial charge in [-0.05, 0) is 41.9 Å². The molecule has 0 spiro atoms. The first kappa shape index (κ1) is 17.4. The SMILES string of the molecule is CCN(CC)[C@@H](CNC(=O)[C@H]1CCS(=O)(=O)C1)c1ccsc1. The van der Waals surface area contributed by atoms with Gasteiger partial charge in [0.05, 0.1) is 23.5 Å². The second-order valence-electron chi connectivity index (χ2n) is 5.64. The highest BCUT2D eigenvalue weighted by molar-refractivity contribution is 7.91. The van der Waals surface area contributed by atoms with Gasteiger partial charge in [-0.2, -0.15) is 11.3 Å². The number of hydrogen-bond donors (Lipinski definition) is 1. The molecule has 1 aromatic rings. The minimum Gasteiger partial charge on any atom is -0.354 e. The minimum atomic E-state index is -3.02. The second-order valence-corrected chi connectivity index (χ2v) is 8.65. The van der Waals surface area contributed by atoms with Gasteiger partial charge in [-0.1, -0.05) is 13.8 Å². The molecule has 7 heteroatoms. The lowest BCUT2D eigenvalue weighted by Crippen LogP contribution is -2.40. The summed E-state index contributed by atoms with van der Waals surface area (Å²) in [5, 5.41) is 7.10. The Kier molecular flexibility index (Phi) is 6.00. The third-order valence-electron chi connectivity index (χ3n) is 4.25. The molecule has 1 aromatic heterocycles. The fourth-order valence-corrected chi connectivity index (χ4v) is 5.38. The highest BCUT2D eigenvalue weighted by atomic mass is 32.2. The molecule has 0 bridgehead atoms. The summed E-state index contributed by atoms with van der Waals surface area (Å²) < 4.78 is 23.0. The highest BCUT2D eigenvalue weighted by Gasteiger charge is 2.33. The first-order valence-corrected chi connectivity index (χ1v) is 10.5. The summed E-state index contributed by atoms with van der Waals surface area (Å²) in [5.74, 6) is -0.388. The summed E-state index contributed by atoms with van der Waals surface area (Å²) in [5.41, 5.74) is 1.20. The quantitative estimate of drug-likeness (QED) is 0.817. The van der Waals surface area contributed by atoms with Crippen LogP contribution in [0.4, 0.5) is 0 Å². The van der Waals surface area contributed by atoms with Crippen molar-refractivity contribution < 1.29 is 13.2 Å². The van der Waals surface area contributed by atoms with Gasteiger partial charge in [-0.3, -0.25) is 9.69 Å². The van der Waals surface area contributed by atoms with E-state index in [1.54, 1.807) is 11.3 Å². The summed E-state index contributed by atoms with van der Waals surface area (Å²) in [6, 6.07) is 2.23. The number of nitrogens with one attached hydrogen (secondary N) is 1. The van der Waals surface area contributed by atoms with E-state index in [9.17, 15) is 13.2 Å². The zero-order chi connectivity index (χ0) is 16.2. The smallest absolute Gasteiger partial charge is 0.224 e. The molecule has 2 rings (SSSR count). The molecule has 1 N–H and O–H groups in total.